The minimum atomic E-state index is -3.93. The summed E-state index contributed by atoms with van der Waals surface area (Å²) < 4.78 is 31.6. The fourth-order valence-electron chi connectivity index (χ4n) is 1.99. The number of morpholine rings is 1. The van der Waals surface area contributed by atoms with E-state index in [4.69, 9.17) is 39.5 Å². The predicted molar refractivity (Wildman–Crippen MR) is 77.1 cm³/mol. The molecular weight excluding hydrogens is 349 g/mol. The average molecular weight is 361 g/mol. The first-order chi connectivity index (χ1) is 9.37. The molecule has 0 amide bonds. The zero-order valence-corrected chi connectivity index (χ0v) is 13.3. The quantitative estimate of drug-likeness (QED) is 0.895. The number of ether oxygens (including phenoxy) is 1. The number of aliphatic hydroxyl groups excluding tert-OH is 1. The van der Waals surface area contributed by atoms with E-state index in [9.17, 15) is 13.5 Å². The van der Waals surface area contributed by atoms with Crippen LogP contribution in [0, 0.1) is 0 Å². The normalized spacial score (nSPS) is 21.1. The van der Waals surface area contributed by atoms with Crippen molar-refractivity contribution in [2.75, 3.05) is 26.4 Å². The van der Waals surface area contributed by atoms with Crippen LogP contribution in [0.3, 0.4) is 0 Å². The first-order valence-corrected chi connectivity index (χ1v) is 8.30. The highest BCUT2D eigenvalue weighted by atomic mass is 35.5. The molecule has 0 bridgehead atoms. The number of hydrogen-bond acceptors (Lipinski definition) is 4. The number of halogens is 3. The van der Waals surface area contributed by atoms with Crippen LogP contribution in [0.4, 0.5) is 0 Å². The first kappa shape index (κ1) is 16.3. The summed E-state index contributed by atoms with van der Waals surface area (Å²) in [6, 6.07) is 1.98. The Kier molecular flexibility index (Phi) is 5.18. The molecule has 5 nitrogen and oxygen atoms in total. The molecule has 20 heavy (non-hydrogen) atoms. The molecule has 1 N–H and O–H groups in total. The lowest BCUT2D eigenvalue weighted by Gasteiger charge is -2.33. The average Bonchev–Trinajstić information content (AvgIpc) is 2.37. The second kappa shape index (κ2) is 6.36. The maximum atomic E-state index is 12.7. The van der Waals surface area contributed by atoms with Gasteiger partial charge in [-0.05, 0) is 12.1 Å². The van der Waals surface area contributed by atoms with Crippen molar-refractivity contribution in [3.8, 4) is 0 Å². The van der Waals surface area contributed by atoms with Gasteiger partial charge in [0, 0.05) is 11.6 Å². The van der Waals surface area contributed by atoms with E-state index in [2.05, 4.69) is 0 Å². The number of benzene rings is 1. The Morgan fingerprint density at radius 2 is 1.90 bits per heavy atom. The summed E-state index contributed by atoms with van der Waals surface area (Å²) in [6.45, 7) is 0.155. The van der Waals surface area contributed by atoms with Crippen LogP contribution in [0.15, 0.2) is 17.0 Å². The molecule has 9 heteroatoms. The number of rotatable bonds is 3. The molecule has 1 heterocycles. The molecule has 112 valence electrons. The third kappa shape index (κ3) is 3.06. The first-order valence-electron chi connectivity index (χ1n) is 5.73. The van der Waals surface area contributed by atoms with Crippen molar-refractivity contribution in [1.29, 1.82) is 0 Å². The molecule has 1 aliphatic heterocycles. The van der Waals surface area contributed by atoms with Gasteiger partial charge in [-0.3, -0.25) is 0 Å². The molecule has 1 aromatic carbocycles. The summed E-state index contributed by atoms with van der Waals surface area (Å²) in [5.74, 6) is 0. The maximum absolute atomic E-state index is 12.7. The van der Waals surface area contributed by atoms with E-state index in [1.807, 2.05) is 0 Å². The molecule has 1 saturated heterocycles. The largest absolute Gasteiger partial charge is 0.395 e. The molecule has 0 aliphatic carbocycles. The predicted octanol–water partition coefficient (Wildman–Crippen LogP) is 2.03. The molecule has 2 rings (SSSR count). The Bertz CT molecular complexity index is 585. The summed E-state index contributed by atoms with van der Waals surface area (Å²) >= 11 is 17.7. The van der Waals surface area contributed by atoms with Crippen molar-refractivity contribution >= 4 is 44.8 Å². The van der Waals surface area contributed by atoms with E-state index in [1.165, 1.54) is 12.1 Å². The third-order valence-corrected chi connectivity index (χ3v) is 6.01. The van der Waals surface area contributed by atoms with E-state index < -0.39 is 16.1 Å². The number of sulfonamides is 1. The topological polar surface area (TPSA) is 66.8 Å². The van der Waals surface area contributed by atoms with Crippen LogP contribution in [0.5, 0.6) is 0 Å². The van der Waals surface area contributed by atoms with Crippen LogP contribution in [0.1, 0.15) is 0 Å². The zero-order chi connectivity index (χ0) is 14.9. The maximum Gasteiger partial charge on any atom is 0.246 e. The highest BCUT2D eigenvalue weighted by Crippen LogP contribution is 2.35. The molecule has 1 atom stereocenters. The summed E-state index contributed by atoms with van der Waals surface area (Å²) in [5, 5.41) is 9.43. The molecule has 1 aromatic rings. The lowest BCUT2D eigenvalue weighted by atomic mass is 10.3. The summed E-state index contributed by atoms with van der Waals surface area (Å²) in [6.07, 6.45) is 0. The smallest absolute Gasteiger partial charge is 0.246 e. The number of hydrogen-bond donors (Lipinski definition) is 1. The molecule has 1 unspecified atom stereocenters. The Hall–Kier alpha value is -0.0800. The second-order valence-electron chi connectivity index (χ2n) is 4.23. The van der Waals surface area contributed by atoms with Gasteiger partial charge in [-0.15, -0.1) is 0 Å². The number of nitrogens with zero attached hydrogens (tertiary/aromatic N) is 1. The van der Waals surface area contributed by atoms with Crippen LogP contribution >= 0.6 is 34.8 Å². The van der Waals surface area contributed by atoms with Gasteiger partial charge in [-0.2, -0.15) is 4.31 Å². The zero-order valence-electron chi connectivity index (χ0n) is 10.2. The number of aliphatic hydroxyl groups is 1. The summed E-state index contributed by atoms with van der Waals surface area (Å²) in [4.78, 5) is -0.203. The van der Waals surface area contributed by atoms with E-state index in [-0.39, 0.29) is 46.3 Å². The van der Waals surface area contributed by atoms with Gasteiger partial charge in [0.2, 0.25) is 10.0 Å². The Balaban J connectivity index is 2.49. The van der Waals surface area contributed by atoms with Crippen molar-refractivity contribution in [2.45, 2.75) is 10.9 Å². The molecule has 0 radical (unpaired) electrons. The van der Waals surface area contributed by atoms with Gasteiger partial charge in [-0.1, -0.05) is 34.8 Å². The fraction of sp³-hybridized carbons (Fsp3) is 0.455. The summed E-state index contributed by atoms with van der Waals surface area (Å²) in [7, 11) is -3.93. The van der Waals surface area contributed by atoms with Gasteiger partial charge in [0.05, 0.1) is 35.9 Å². The SMILES string of the molecule is O=S(=O)(c1c(Cl)cc(Cl)cc1Cl)N1CCOCC1CO. The Morgan fingerprint density at radius 1 is 1.30 bits per heavy atom. The Morgan fingerprint density at radius 3 is 2.45 bits per heavy atom. The van der Waals surface area contributed by atoms with Crippen molar-refractivity contribution in [3.05, 3.63) is 27.2 Å². The molecule has 0 aromatic heterocycles. The van der Waals surface area contributed by atoms with E-state index in [1.54, 1.807) is 0 Å². The minimum Gasteiger partial charge on any atom is -0.395 e. The van der Waals surface area contributed by atoms with E-state index in [0.717, 1.165) is 4.31 Å². The van der Waals surface area contributed by atoms with Gasteiger partial charge in [-0.25, -0.2) is 8.42 Å². The van der Waals surface area contributed by atoms with Crippen LogP contribution in [0.25, 0.3) is 0 Å². The monoisotopic (exact) mass is 359 g/mol. The Labute approximate surface area is 132 Å². The lowest BCUT2D eigenvalue weighted by Crippen LogP contribution is -2.50. The molecule has 0 spiro atoms. The standard InChI is InChI=1S/C11H12Cl3NO4S/c12-7-3-9(13)11(10(14)4-7)20(17,18)15-1-2-19-6-8(15)5-16/h3-4,8,16H,1-2,5-6H2. The molecular formula is C11H12Cl3NO4S. The van der Waals surface area contributed by atoms with Crippen molar-refractivity contribution < 1.29 is 18.3 Å². The molecule has 0 saturated carbocycles. The minimum absolute atomic E-state index is 0.0503. The van der Waals surface area contributed by atoms with Gasteiger partial charge < -0.3 is 9.84 Å². The second-order valence-corrected chi connectivity index (χ2v) is 7.30. The lowest BCUT2D eigenvalue weighted by molar-refractivity contribution is 0.0109. The van der Waals surface area contributed by atoms with Crippen molar-refractivity contribution in [3.63, 3.8) is 0 Å². The van der Waals surface area contributed by atoms with Gasteiger partial charge >= 0.3 is 0 Å². The molecule has 1 fully saturated rings. The van der Waals surface area contributed by atoms with Gasteiger partial charge in [0.1, 0.15) is 4.90 Å². The fourth-order valence-corrected chi connectivity index (χ4v) is 5.07. The van der Waals surface area contributed by atoms with Crippen molar-refractivity contribution in [2.24, 2.45) is 0 Å². The third-order valence-electron chi connectivity index (χ3n) is 2.91. The van der Waals surface area contributed by atoms with E-state index in [0.29, 0.717) is 0 Å². The summed E-state index contributed by atoms with van der Waals surface area (Å²) in [5.41, 5.74) is 0. The molecule has 1 aliphatic rings. The highest BCUT2D eigenvalue weighted by molar-refractivity contribution is 7.89. The van der Waals surface area contributed by atoms with Crippen LogP contribution in [-0.2, 0) is 14.8 Å². The van der Waals surface area contributed by atoms with Crippen LogP contribution < -0.4 is 0 Å². The van der Waals surface area contributed by atoms with Gasteiger partial charge in [0.25, 0.3) is 0 Å². The van der Waals surface area contributed by atoms with Crippen molar-refractivity contribution in [1.82, 2.24) is 4.31 Å². The van der Waals surface area contributed by atoms with E-state index >= 15 is 0 Å². The van der Waals surface area contributed by atoms with Gasteiger partial charge in [0.15, 0.2) is 0 Å². The highest BCUT2D eigenvalue weighted by Gasteiger charge is 2.36. The van der Waals surface area contributed by atoms with Crippen LogP contribution in [-0.4, -0.2) is 50.2 Å². The van der Waals surface area contributed by atoms with Crippen LogP contribution in [0.2, 0.25) is 15.1 Å².